The van der Waals surface area contributed by atoms with Crippen molar-refractivity contribution in [3.8, 4) is 0 Å². The average molecular weight is 359 g/mol. The van der Waals surface area contributed by atoms with E-state index in [0.717, 1.165) is 0 Å². The molecule has 0 aromatic heterocycles. The van der Waals surface area contributed by atoms with E-state index in [9.17, 15) is 14.4 Å². The van der Waals surface area contributed by atoms with Crippen molar-refractivity contribution in [2.45, 2.75) is 0 Å². The number of hydrogen-bond acceptors (Lipinski definition) is 4. The Hall–Kier alpha value is -1.54. The summed E-state index contributed by atoms with van der Waals surface area (Å²) in [4.78, 5) is 35.6. The quantitative estimate of drug-likeness (QED) is 0.853. The molecule has 20 heavy (non-hydrogen) atoms. The fourth-order valence-electron chi connectivity index (χ4n) is 1.68. The molecule has 1 fully saturated rings. The number of hydrogen-bond donors (Lipinski definition) is 2. The molecule has 0 saturated carbocycles. The SMILES string of the molecule is O=C(CN1CSCC1=O)Nc1ccc(Br)c(C(=O)O)c1. The number of aromatic carboxylic acids is 1. The summed E-state index contributed by atoms with van der Waals surface area (Å²) < 4.78 is 0.439. The molecule has 0 radical (unpaired) electrons. The van der Waals surface area contributed by atoms with Crippen LogP contribution in [-0.4, -0.2) is 46.0 Å². The largest absolute Gasteiger partial charge is 0.478 e. The number of amides is 2. The van der Waals surface area contributed by atoms with Crippen molar-refractivity contribution in [1.82, 2.24) is 4.90 Å². The number of carboxylic acids is 1. The maximum Gasteiger partial charge on any atom is 0.336 e. The summed E-state index contributed by atoms with van der Waals surface area (Å²) in [5.41, 5.74) is 0.450. The van der Waals surface area contributed by atoms with Crippen molar-refractivity contribution in [2.24, 2.45) is 0 Å². The first-order valence-corrected chi connectivity index (χ1v) is 7.60. The number of nitrogens with zero attached hydrogens (tertiary/aromatic N) is 1. The van der Waals surface area contributed by atoms with Crippen LogP contribution in [0, 0.1) is 0 Å². The lowest BCUT2D eigenvalue weighted by Gasteiger charge is -2.14. The standard InChI is InChI=1S/C12H11BrN2O4S/c13-9-2-1-7(3-8(9)12(18)19)14-10(16)4-15-6-20-5-11(15)17/h1-3H,4-6H2,(H,14,16)(H,18,19). The van der Waals surface area contributed by atoms with E-state index in [2.05, 4.69) is 21.2 Å². The Balaban J connectivity index is 2.02. The van der Waals surface area contributed by atoms with Crippen molar-refractivity contribution >= 4 is 51.2 Å². The highest BCUT2D eigenvalue weighted by atomic mass is 79.9. The Labute approximate surface area is 127 Å². The van der Waals surface area contributed by atoms with E-state index in [1.165, 1.54) is 22.7 Å². The van der Waals surface area contributed by atoms with Gasteiger partial charge in [0.2, 0.25) is 11.8 Å². The predicted octanol–water partition coefficient (Wildman–Crippen LogP) is 1.62. The van der Waals surface area contributed by atoms with E-state index in [4.69, 9.17) is 5.11 Å². The van der Waals surface area contributed by atoms with Crippen LogP contribution >= 0.6 is 27.7 Å². The number of nitrogens with one attached hydrogen (secondary N) is 1. The number of anilines is 1. The summed E-state index contributed by atoms with van der Waals surface area (Å²) in [5, 5.41) is 11.6. The van der Waals surface area contributed by atoms with Crippen molar-refractivity contribution in [1.29, 1.82) is 0 Å². The molecule has 6 nitrogen and oxygen atoms in total. The maximum absolute atomic E-state index is 11.8. The van der Waals surface area contributed by atoms with Crippen LogP contribution < -0.4 is 5.32 Å². The van der Waals surface area contributed by atoms with Gasteiger partial charge in [-0.05, 0) is 34.1 Å². The molecule has 0 unspecified atom stereocenters. The van der Waals surface area contributed by atoms with Gasteiger partial charge >= 0.3 is 5.97 Å². The van der Waals surface area contributed by atoms with Crippen molar-refractivity contribution in [3.05, 3.63) is 28.2 Å². The number of halogens is 1. The highest BCUT2D eigenvalue weighted by Gasteiger charge is 2.23. The summed E-state index contributed by atoms with van der Waals surface area (Å²) in [6.45, 7) is -0.0235. The number of rotatable bonds is 4. The second-order valence-electron chi connectivity index (χ2n) is 4.12. The molecule has 0 spiro atoms. The van der Waals surface area contributed by atoms with Crippen molar-refractivity contribution in [3.63, 3.8) is 0 Å². The summed E-state index contributed by atoms with van der Waals surface area (Å²) in [7, 11) is 0. The Morgan fingerprint density at radius 3 is 2.80 bits per heavy atom. The monoisotopic (exact) mass is 358 g/mol. The van der Waals surface area contributed by atoms with Crippen LogP contribution in [0.15, 0.2) is 22.7 Å². The van der Waals surface area contributed by atoms with E-state index in [0.29, 0.717) is 21.8 Å². The van der Waals surface area contributed by atoms with E-state index < -0.39 is 5.97 Å². The minimum atomic E-state index is -1.08. The van der Waals surface area contributed by atoms with Gasteiger partial charge in [-0.15, -0.1) is 11.8 Å². The minimum absolute atomic E-state index is 0.0235. The summed E-state index contributed by atoms with van der Waals surface area (Å²) in [6.07, 6.45) is 0. The molecule has 8 heteroatoms. The molecule has 0 bridgehead atoms. The lowest BCUT2D eigenvalue weighted by molar-refractivity contribution is -0.130. The highest BCUT2D eigenvalue weighted by molar-refractivity contribution is 9.10. The number of thioether (sulfide) groups is 1. The Morgan fingerprint density at radius 2 is 2.20 bits per heavy atom. The average Bonchev–Trinajstić information content (AvgIpc) is 2.77. The molecular formula is C12H11BrN2O4S. The molecule has 2 N–H and O–H groups in total. The lowest BCUT2D eigenvalue weighted by atomic mass is 10.2. The van der Waals surface area contributed by atoms with Crippen molar-refractivity contribution < 1.29 is 19.5 Å². The third-order valence-corrected chi connectivity index (χ3v) is 4.28. The molecule has 2 amide bonds. The van der Waals surface area contributed by atoms with Crippen LogP contribution in [0.2, 0.25) is 0 Å². The van der Waals surface area contributed by atoms with Crippen LogP contribution in [0.4, 0.5) is 5.69 Å². The third-order valence-electron chi connectivity index (χ3n) is 2.64. The zero-order chi connectivity index (χ0) is 14.7. The molecule has 106 valence electrons. The van der Waals surface area contributed by atoms with Gasteiger partial charge in [-0.1, -0.05) is 0 Å². The smallest absolute Gasteiger partial charge is 0.336 e. The molecule has 1 aromatic carbocycles. The second-order valence-corrected chi connectivity index (χ2v) is 5.93. The summed E-state index contributed by atoms with van der Waals surface area (Å²) in [6, 6.07) is 4.51. The molecule has 1 aromatic rings. The number of benzene rings is 1. The zero-order valence-electron chi connectivity index (χ0n) is 10.3. The zero-order valence-corrected chi connectivity index (χ0v) is 12.7. The van der Waals surface area contributed by atoms with Gasteiger partial charge in [-0.3, -0.25) is 9.59 Å². The molecule has 2 rings (SSSR count). The Bertz CT molecular complexity index is 579. The van der Waals surface area contributed by atoms with Crippen LogP contribution in [-0.2, 0) is 9.59 Å². The predicted molar refractivity (Wildman–Crippen MR) is 78.8 cm³/mol. The van der Waals surface area contributed by atoms with Gasteiger partial charge in [0.05, 0.1) is 17.2 Å². The minimum Gasteiger partial charge on any atom is -0.478 e. The molecule has 1 aliphatic rings. The summed E-state index contributed by atoms with van der Waals surface area (Å²) in [5.74, 6) is -0.590. The van der Waals surface area contributed by atoms with E-state index >= 15 is 0 Å². The number of carboxylic acid groups (broad SMARTS) is 1. The Morgan fingerprint density at radius 1 is 1.45 bits per heavy atom. The van der Waals surface area contributed by atoms with Crippen LogP contribution in [0.25, 0.3) is 0 Å². The molecule has 1 heterocycles. The number of carbonyl (C=O) groups excluding carboxylic acids is 2. The van der Waals surface area contributed by atoms with Crippen LogP contribution in [0.5, 0.6) is 0 Å². The number of carbonyl (C=O) groups is 3. The second kappa shape index (κ2) is 6.27. The van der Waals surface area contributed by atoms with E-state index in [1.807, 2.05) is 0 Å². The Kier molecular flexibility index (Phi) is 4.66. The van der Waals surface area contributed by atoms with Gasteiger partial charge in [0, 0.05) is 10.2 Å². The van der Waals surface area contributed by atoms with E-state index in [1.54, 1.807) is 12.1 Å². The fraction of sp³-hybridized carbons (Fsp3) is 0.250. The van der Waals surface area contributed by atoms with Crippen molar-refractivity contribution in [2.75, 3.05) is 23.5 Å². The molecule has 0 atom stereocenters. The van der Waals surface area contributed by atoms with Gasteiger partial charge < -0.3 is 15.3 Å². The topological polar surface area (TPSA) is 86.7 Å². The van der Waals surface area contributed by atoms with Gasteiger partial charge in [0.1, 0.15) is 6.54 Å². The lowest BCUT2D eigenvalue weighted by Crippen LogP contribution is -2.34. The summed E-state index contributed by atoms with van der Waals surface area (Å²) >= 11 is 4.59. The normalized spacial score (nSPS) is 14.4. The van der Waals surface area contributed by atoms with Crippen LogP contribution in [0.3, 0.4) is 0 Å². The van der Waals surface area contributed by atoms with Gasteiger partial charge in [-0.2, -0.15) is 0 Å². The van der Waals surface area contributed by atoms with Crippen LogP contribution in [0.1, 0.15) is 10.4 Å². The molecule has 0 aliphatic carbocycles. The van der Waals surface area contributed by atoms with Gasteiger partial charge in [-0.25, -0.2) is 4.79 Å². The maximum atomic E-state index is 11.8. The fourth-order valence-corrected chi connectivity index (χ4v) is 3.00. The highest BCUT2D eigenvalue weighted by Crippen LogP contribution is 2.21. The molecule has 1 saturated heterocycles. The first kappa shape index (κ1) is 14.9. The first-order valence-electron chi connectivity index (χ1n) is 5.65. The van der Waals surface area contributed by atoms with Gasteiger partial charge in [0.25, 0.3) is 0 Å². The third kappa shape index (κ3) is 3.51. The molecular weight excluding hydrogens is 348 g/mol. The van der Waals surface area contributed by atoms with E-state index in [-0.39, 0.29) is 23.9 Å². The van der Waals surface area contributed by atoms with Gasteiger partial charge in [0.15, 0.2) is 0 Å². The molecule has 1 aliphatic heterocycles. The first-order chi connectivity index (χ1) is 9.47.